The van der Waals surface area contributed by atoms with Crippen molar-refractivity contribution in [1.82, 2.24) is 9.59 Å². The van der Waals surface area contributed by atoms with E-state index >= 15 is 0 Å². The van der Waals surface area contributed by atoms with Crippen LogP contribution < -0.4 is 5.32 Å². The van der Waals surface area contributed by atoms with Crippen molar-refractivity contribution in [2.24, 2.45) is 5.92 Å². The van der Waals surface area contributed by atoms with Crippen LogP contribution in [0.2, 0.25) is 0 Å². The second-order valence-corrected chi connectivity index (χ2v) is 5.90. The van der Waals surface area contributed by atoms with Crippen LogP contribution >= 0.6 is 23.1 Å². The third-order valence-corrected chi connectivity index (χ3v) is 4.39. The summed E-state index contributed by atoms with van der Waals surface area (Å²) in [7, 11) is 0. The van der Waals surface area contributed by atoms with Gasteiger partial charge in [0.2, 0.25) is 0 Å². The van der Waals surface area contributed by atoms with E-state index in [0.29, 0.717) is 10.8 Å². The fraction of sp³-hybridized carbons (Fsp3) is 0.308. The van der Waals surface area contributed by atoms with Gasteiger partial charge in [-0.3, -0.25) is 4.79 Å². The van der Waals surface area contributed by atoms with E-state index in [1.54, 1.807) is 0 Å². The summed E-state index contributed by atoms with van der Waals surface area (Å²) in [5.74, 6) is 0.289. The number of hydrogen-bond donors (Lipinski definition) is 1. The average Bonchev–Trinajstić information content (AvgIpc) is 2.90. The van der Waals surface area contributed by atoms with Crippen LogP contribution in [0.1, 0.15) is 21.8 Å². The molecule has 1 N–H and O–H groups in total. The van der Waals surface area contributed by atoms with E-state index in [4.69, 9.17) is 11.6 Å². The highest BCUT2D eigenvalue weighted by Crippen LogP contribution is 2.39. The highest BCUT2D eigenvalue weighted by molar-refractivity contribution is 7.08. The van der Waals surface area contributed by atoms with E-state index in [2.05, 4.69) is 14.9 Å². The third kappa shape index (κ3) is 2.93. The number of para-hydroxylation sites is 1. The van der Waals surface area contributed by atoms with Gasteiger partial charge in [-0.25, -0.2) is 0 Å². The Bertz CT molecular complexity index is 587. The average molecular weight is 294 g/mol. The van der Waals surface area contributed by atoms with Gasteiger partial charge in [0, 0.05) is 11.1 Å². The van der Waals surface area contributed by atoms with Gasteiger partial charge in [-0.15, -0.1) is 16.7 Å². The minimum atomic E-state index is -0.150. The summed E-state index contributed by atoms with van der Waals surface area (Å²) in [5.41, 5.74) is 1.53. The van der Waals surface area contributed by atoms with Crippen molar-refractivity contribution in [1.29, 1.82) is 0 Å². The predicted molar refractivity (Wildman–Crippen MR) is 75.8 cm³/mol. The standard InChI is InChI=1S/C13H12ClN3OS/c14-10-6-8(10)7-11-12(19-17-16-11)13(18)15-9-4-2-1-3-5-9/h1-5,8,10H,6-7H2,(H,15,18). The maximum absolute atomic E-state index is 12.2. The fourth-order valence-electron chi connectivity index (χ4n) is 1.89. The van der Waals surface area contributed by atoms with Crippen molar-refractivity contribution in [3.8, 4) is 0 Å². The fourth-order valence-corrected chi connectivity index (χ4v) is 2.80. The molecule has 1 aliphatic rings. The Labute approximate surface area is 120 Å². The lowest BCUT2D eigenvalue weighted by Crippen LogP contribution is -2.12. The molecule has 0 bridgehead atoms. The van der Waals surface area contributed by atoms with Gasteiger partial charge in [0.05, 0.1) is 5.69 Å². The van der Waals surface area contributed by atoms with Crippen molar-refractivity contribution in [2.75, 3.05) is 5.32 Å². The Balaban J connectivity index is 1.71. The van der Waals surface area contributed by atoms with Gasteiger partial charge in [0.1, 0.15) is 4.88 Å². The summed E-state index contributed by atoms with van der Waals surface area (Å²) in [5, 5.41) is 7.12. The van der Waals surface area contributed by atoms with Crippen LogP contribution in [-0.4, -0.2) is 20.9 Å². The molecule has 3 rings (SSSR count). The Morgan fingerprint density at radius 3 is 2.84 bits per heavy atom. The molecule has 6 heteroatoms. The van der Waals surface area contributed by atoms with Crippen molar-refractivity contribution in [3.63, 3.8) is 0 Å². The molecule has 2 aromatic rings. The number of benzene rings is 1. The van der Waals surface area contributed by atoms with Crippen LogP contribution in [0.3, 0.4) is 0 Å². The second kappa shape index (κ2) is 5.27. The monoisotopic (exact) mass is 293 g/mol. The van der Waals surface area contributed by atoms with Crippen LogP contribution in [0.25, 0.3) is 0 Å². The van der Waals surface area contributed by atoms with E-state index in [-0.39, 0.29) is 11.3 Å². The number of amides is 1. The highest BCUT2D eigenvalue weighted by atomic mass is 35.5. The number of rotatable bonds is 4. The molecule has 2 unspecified atom stereocenters. The zero-order valence-corrected chi connectivity index (χ0v) is 11.6. The molecule has 2 atom stereocenters. The molecule has 98 valence electrons. The molecule has 19 heavy (non-hydrogen) atoms. The number of nitrogens with zero attached hydrogens (tertiary/aromatic N) is 2. The van der Waals surface area contributed by atoms with E-state index in [1.165, 1.54) is 0 Å². The summed E-state index contributed by atoms with van der Waals surface area (Å²) in [4.78, 5) is 12.7. The maximum atomic E-state index is 12.2. The molecule has 1 aromatic heterocycles. The zero-order valence-electron chi connectivity index (χ0n) is 10.0. The molecule has 1 aliphatic carbocycles. The largest absolute Gasteiger partial charge is 0.321 e. The minimum Gasteiger partial charge on any atom is -0.321 e. The predicted octanol–water partition coefficient (Wildman–Crippen LogP) is 2.96. The number of carbonyl (C=O) groups excluding carboxylic acids is 1. The van der Waals surface area contributed by atoms with Crippen molar-refractivity contribution in [2.45, 2.75) is 18.2 Å². The minimum absolute atomic E-state index is 0.150. The number of anilines is 1. The molecule has 0 saturated heterocycles. The molecule has 1 fully saturated rings. The molecule has 0 spiro atoms. The summed E-state index contributed by atoms with van der Waals surface area (Å²) in [6.45, 7) is 0. The van der Waals surface area contributed by atoms with Gasteiger partial charge in [-0.1, -0.05) is 22.7 Å². The van der Waals surface area contributed by atoms with Crippen molar-refractivity contribution in [3.05, 3.63) is 40.9 Å². The second-order valence-electron chi connectivity index (χ2n) is 4.58. The summed E-state index contributed by atoms with van der Waals surface area (Å²) < 4.78 is 3.88. The number of hydrogen-bond acceptors (Lipinski definition) is 4. The highest BCUT2D eigenvalue weighted by Gasteiger charge is 2.36. The Kier molecular flexibility index (Phi) is 3.48. The first-order valence-electron chi connectivity index (χ1n) is 6.05. The van der Waals surface area contributed by atoms with Crippen LogP contribution in [0.5, 0.6) is 0 Å². The molecule has 1 aromatic carbocycles. The van der Waals surface area contributed by atoms with Gasteiger partial charge in [0.25, 0.3) is 5.91 Å². The molecule has 0 radical (unpaired) electrons. The van der Waals surface area contributed by atoms with Crippen LogP contribution in [0.15, 0.2) is 30.3 Å². The van der Waals surface area contributed by atoms with Crippen LogP contribution in [-0.2, 0) is 6.42 Å². The van der Waals surface area contributed by atoms with E-state index in [1.807, 2.05) is 30.3 Å². The van der Waals surface area contributed by atoms with E-state index < -0.39 is 0 Å². The third-order valence-electron chi connectivity index (χ3n) is 3.09. The Morgan fingerprint density at radius 2 is 2.16 bits per heavy atom. The number of halogens is 1. The summed E-state index contributed by atoms with van der Waals surface area (Å²) in [6.07, 6.45) is 1.74. The van der Waals surface area contributed by atoms with E-state index in [9.17, 15) is 4.79 Å². The SMILES string of the molecule is O=C(Nc1ccccc1)c1snnc1CC1CC1Cl. The van der Waals surface area contributed by atoms with Gasteiger partial charge in [0.15, 0.2) is 0 Å². The number of nitrogens with one attached hydrogen (secondary N) is 1. The molecule has 1 heterocycles. The summed E-state index contributed by atoms with van der Waals surface area (Å²) in [6, 6.07) is 9.36. The molecule has 4 nitrogen and oxygen atoms in total. The van der Waals surface area contributed by atoms with Crippen LogP contribution in [0.4, 0.5) is 5.69 Å². The van der Waals surface area contributed by atoms with Gasteiger partial charge in [-0.05, 0) is 42.4 Å². The lowest BCUT2D eigenvalue weighted by Gasteiger charge is -2.03. The molecule has 0 aliphatic heterocycles. The normalized spacial score (nSPS) is 21.1. The van der Waals surface area contributed by atoms with Crippen molar-refractivity contribution < 1.29 is 4.79 Å². The molecular weight excluding hydrogens is 282 g/mol. The first-order chi connectivity index (χ1) is 9.24. The first-order valence-corrected chi connectivity index (χ1v) is 7.26. The number of aromatic nitrogens is 2. The van der Waals surface area contributed by atoms with Gasteiger partial charge >= 0.3 is 0 Å². The number of carbonyl (C=O) groups is 1. The lowest BCUT2D eigenvalue weighted by molar-refractivity contribution is 0.102. The Morgan fingerprint density at radius 1 is 1.42 bits per heavy atom. The van der Waals surface area contributed by atoms with Gasteiger partial charge in [-0.2, -0.15) is 0 Å². The first kappa shape index (κ1) is 12.6. The van der Waals surface area contributed by atoms with E-state index in [0.717, 1.165) is 35.8 Å². The zero-order chi connectivity index (χ0) is 13.2. The Hall–Kier alpha value is -1.46. The quantitative estimate of drug-likeness (QED) is 0.882. The maximum Gasteiger partial charge on any atom is 0.269 e. The van der Waals surface area contributed by atoms with Crippen LogP contribution in [0, 0.1) is 5.92 Å². The van der Waals surface area contributed by atoms with Gasteiger partial charge < -0.3 is 5.32 Å². The number of alkyl halides is 1. The lowest BCUT2D eigenvalue weighted by atomic mass is 10.2. The molecular formula is C13H12ClN3OS. The molecule has 1 amide bonds. The molecule has 1 saturated carbocycles. The smallest absolute Gasteiger partial charge is 0.269 e. The summed E-state index contributed by atoms with van der Waals surface area (Å²) >= 11 is 7.12. The van der Waals surface area contributed by atoms with Crippen molar-refractivity contribution >= 4 is 34.7 Å². The topological polar surface area (TPSA) is 54.9 Å².